The summed E-state index contributed by atoms with van der Waals surface area (Å²) in [6, 6.07) is 4.46. The van der Waals surface area contributed by atoms with Crippen LogP contribution in [0.25, 0.3) is 22.4 Å². The van der Waals surface area contributed by atoms with Gasteiger partial charge in [-0.25, -0.2) is 15.0 Å². The third-order valence-electron chi connectivity index (χ3n) is 6.80. The van der Waals surface area contributed by atoms with Crippen molar-refractivity contribution in [2.75, 3.05) is 20.2 Å². The van der Waals surface area contributed by atoms with Crippen molar-refractivity contribution in [3.05, 3.63) is 65.7 Å². The Morgan fingerprint density at radius 2 is 1.88 bits per heavy atom. The summed E-state index contributed by atoms with van der Waals surface area (Å²) in [5.41, 5.74) is 5.62. The number of benzene rings is 1. The number of carbonyl (C=O) groups excluding carboxylic acids is 2. The van der Waals surface area contributed by atoms with Crippen molar-refractivity contribution in [3.8, 4) is 17.2 Å². The number of amides is 1. The number of hydrogen-bond acceptors (Lipinski definition) is 9. The van der Waals surface area contributed by atoms with Crippen molar-refractivity contribution in [2.24, 2.45) is 11.7 Å². The number of carbonyl (C=O) groups is 2. The van der Waals surface area contributed by atoms with E-state index in [-0.39, 0.29) is 46.0 Å². The number of halogens is 3. The van der Waals surface area contributed by atoms with Crippen LogP contribution in [0.4, 0.5) is 13.2 Å². The fourth-order valence-corrected chi connectivity index (χ4v) is 4.74. The van der Waals surface area contributed by atoms with Crippen LogP contribution in [0.2, 0.25) is 0 Å². The number of rotatable bonds is 6. The van der Waals surface area contributed by atoms with Crippen LogP contribution in [0, 0.1) is 5.92 Å². The number of pyridine rings is 1. The number of alkyl halides is 3. The minimum absolute atomic E-state index is 0.00698. The van der Waals surface area contributed by atoms with E-state index in [9.17, 15) is 22.8 Å². The summed E-state index contributed by atoms with van der Waals surface area (Å²) >= 11 is 0. The van der Waals surface area contributed by atoms with E-state index in [1.165, 1.54) is 37.8 Å². The highest BCUT2D eigenvalue weighted by Gasteiger charge is 2.35. The van der Waals surface area contributed by atoms with E-state index in [1.54, 1.807) is 17.9 Å². The molecule has 13 heteroatoms. The summed E-state index contributed by atoms with van der Waals surface area (Å²) in [5.74, 6) is -0.531. The molecular weight excluding hydrogens is 529 g/mol. The summed E-state index contributed by atoms with van der Waals surface area (Å²) in [6.07, 6.45) is 0.609. The quantitative estimate of drug-likeness (QED) is 0.342. The largest absolute Gasteiger partial charge is 0.494 e. The predicted octanol–water partition coefficient (Wildman–Crippen LogP) is 4.46. The lowest BCUT2D eigenvalue weighted by Crippen LogP contribution is -2.41. The van der Waals surface area contributed by atoms with Crippen molar-refractivity contribution in [1.29, 1.82) is 0 Å². The summed E-state index contributed by atoms with van der Waals surface area (Å²) < 4.78 is 51.1. The number of nitrogens with zero attached hydrogens (tertiary/aromatic N) is 5. The van der Waals surface area contributed by atoms with Gasteiger partial charge < -0.3 is 19.8 Å². The highest BCUT2D eigenvalue weighted by atomic mass is 19.4. The lowest BCUT2D eigenvalue weighted by molar-refractivity contribution is -0.140. The molecule has 10 nitrogen and oxygen atoms in total. The Labute approximate surface area is 226 Å². The summed E-state index contributed by atoms with van der Waals surface area (Å²) in [7, 11) is 1.33. The summed E-state index contributed by atoms with van der Waals surface area (Å²) in [4.78, 5) is 44.1. The maximum atomic E-state index is 13.5. The van der Waals surface area contributed by atoms with Crippen LogP contribution in [0.1, 0.15) is 58.2 Å². The Kier molecular flexibility index (Phi) is 7.23. The van der Waals surface area contributed by atoms with Crippen LogP contribution in [-0.4, -0.2) is 56.7 Å². The second kappa shape index (κ2) is 10.6. The number of fused-ring (bicyclic) bond motifs is 1. The van der Waals surface area contributed by atoms with Crippen molar-refractivity contribution in [1.82, 2.24) is 24.8 Å². The predicted molar refractivity (Wildman–Crippen MR) is 136 cm³/mol. The van der Waals surface area contributed by atoms with Gasteiger partial charge in [0.15, 0.2) is 17.2 Å². The van der Waals surface area contributed by atoms with E-state index < -0.39 is 23.8 Å². The SMILES string of the molecule is COc1ccc(-c2nc(C(=O)N3CCC(C(=O)c4cnccn4)CC3)c([C@H](C)N)o2)c2ccc(C(F)(F)F)nc12. The number of aromatic nitrogens is 4. The van der Waals surface area contributed by atoms with Gasteiger partial charge in [-0.1, -0.05) is 0 Å². The molecule has 1 amide bonds. The Bertz CT molecular complexity index is 1560. The zero-order valence-electron chi connectivity index (χ0n) is 21.6. The summed E-state index contributed by atoms with van der Waals surface area (Å²) in [5, 5.41) is 0.298. The monoisotopic (exact) mass is 554 g/mol. The molecule has 40 heavy (non-hydrogen) atoms. The van der Waals surface area contributed by atoms with E-state index in [0.717, 1.165) is 6.07 Å². The third-order valence-corrected chi connectivity index (χ3v) is 6.80. The van der Waals surface area contributed by atoms with Crippen molar-refractivity contribution < 1.29 is 31.9 Å². The van der Waals surface area contributed by atoms with Gasteiger partial charge in [0.2, 0.25) is 5.89 Å². The molecule has 1 aromatic carbocycles. The van der Waals surface area contributed by atoms with Gasteiger partial charge in [-0.2, -0.15) is 13.2 Å². The number of Topliss-reactive ketones (excluding diaryl/α,β-unsaturated/α-hetero) is 1. The molecule has 0 bridgehead atoms. The van der Waals surface area contributed by atoms with E-state index >= 15 is 0 Å². The van der Waals surface area contributed by atoms with Gasteiger partial charge in [-0.15, -0.1) is 0 Å². The Hall–Kier alpha value is -4.39. The minimum atomic E-state index is -4.65. The van der Waals surface area contributed by atoms with E-state index in [1.807, 2.05) is 0 Å². The molecule has 0 saturated carbocycles. The maximum Gasteiger partial charge on any atom is 0.433 e. The first-order valence-corrected chi connectivity index (χ1v) is 12.5. The maximum absolute atomic E-state index is 13.5. The average molecular weight is 555 g/mol. The second-order valence-corrected chi connectivity index (χ2v) is 9.45. The zero-order chi connectivity index (χ0) is 28.6. The first kappa shape index (κ1) is 27.2. The molecule has 0 radical (unpaired) electrons. The minimum Gasteiger partial charge on any atom is -0.494 e. The molecule has 2 N–H and O–H groups in total. The molecule has 0 spiro atoms. The Morgan fingerprint density at radius 3 is 2.50 bits per heavy atom. The molecule has 5 rings (SSSR count). The number of methoxy groups -OCH3 is 1. The first-order chi connectivity index (χ1) is 19.1. The number of ketones is 1. The standard InChI is InChI=1S/C27H25F3N6O4/c1-14(31)24-22(26(38)36-11-7-15(8-12-36)23(37)18-13-32-9-10-33-18)35-25(40-24)17-3-5-19(39-2)21-16(17)4-6-20(34-21)27(28,29)30/h3-6,9-10,13-15H,7-8,11-12,31H2,1-2H3/t14-/m0/s1. The number of ether oxygens (including phenoxy) is 1. The molecule has 4 heterocycles. The molecule has 1 saturated heterocycles. The number of piperidine rings is 1. The number of hydrogen-bond donors (Lipinski definition) is 1. The van der Waals surface area contributed by atoms with Crippen LogP contribution < -0.4 is 10.5 Å². The van der Waals surface area contributed by atoms with Crippen LogP contribution in [0.5, 0.6) is 5.75 Å². The Morgan fingerprint density at radius 1 is 1.12 bits per heavy atom. The van der Waals surface area contributed by atoms with Gasteiger partial charge in [-0.05, 0) is 44.0 Å². The molecule has 0 unspecified atom stereocenters. The molecule has 1 aliphatic heterocycles. The molecule has 0 aliphatic carbocycles. The molecule has 1 atom stereocenters. The van der Waals surface area contributed by atoms with Crippen LogP contribution in [-0.2, 0) is 6.18 Å². The van der Waals surface area contributed by atoms with Crippen LogP contribution >= 0.6 is 0 Å². The van der Waals surface area contributed by atoms with Gasteiger partial charge in [0.05, 0.1) is 19.3 Å². The fourth-order valence-electron chi connectivity index (χ4n) is 4.74. The zero-order valence-corrected chi connectivity index (χ0v) is 21.6. The normalized spacial score (nSPS) is 15.3. The highest BCUT2D eigenvalue weighted by molar-refractivity contribution is 5.99. The molecule has 1 aliphatic rings. The van der Waals surface area contributed by atoms with Crippen molar-refractivity contribution in [3.63, 3.8) is 0 Å². The van der Waals surface area contributed by atoms with Gasteiger partial charge in [0.1, 0.15) is 22.7 Å². The van der Waals surface area contributed by atoms with Crippen molar-refractivity contribution in [2.45, 2.75) is 32.0 Å². The van der Waals surface area contributed by atoms with E-state index in [2.05, 4.69) is 19.9 Å². The molecule has 1 fully saturated rings. The molecular formula is C27H25F3N6O4. The van der Waals surface area contributed by atoms with E-state index in [4.69, 9.17) is 14.9 Å². The second-order valence-electron chi connectivity index (χ2n) is 9.45. The highest BCUT2D eigenvalue weighted by Crippen LogP contribution is 2.37. The molecule has 3 aromatic heterocycles. The lowest BCUT2D eigenvalue weighted by atomic mass is 9.91. The smallest absolute Gasteiger partial charge is 0.433 e. The van der Waals surface area contributed by atoms with Crippen LogP contribution in [0.3, 0.4) is 0 Å². The van der Waals surface area contributed by atoms with Gasteiger partial charge in [0.25, 0.3) is 5.91 Å². The summed E-state index contributed by atoms with van der Waals surface area (Å²) in [6.45, 7) is 2.26. The number of oxazole rings is 1. The number of nitrogens with two attached hydrogens (primary N) is 1. The molecule has 208 valence electrons. The topological polar surface area (TPSA) is 137 Å². The average Bonchev–Trinajstić information content (AvgIpc) is 3.41. The third kappa shape index (κ3) is 5.11. The van der Waals surface area contributed by atoms with Crippen molar-refractivity contribution >= 4 is 22.6 Å². The van der Waals surface area contributed by atoms with Gasteiger partial charge in [0, 0.05) is 42.4 Å². The lowest BCUT2D eigenvalue weighted by Gasteiger charge is -2.30. The fraction of sp³-hybridized carbons (Fsp3) is 0.333. The molecule has 4 aromatic rings. The first-order valence-electron chi connectivity index (χ1n) is 12.5. The van der Waals surface area contributed by atoms with Gasteiger partial charge >= 0.3 is 6.18 Å². The number of likely N-dealkylation sites (tertiary alicyclic amines) is 1. The van der Waals surface area contributed by atoms with Gasteiger partial charge in [-0.3, -0.25) is 14.6 Å². The van der Waals surface area contributed by atoms with Crippen LogP contribution in [0.15, 0.2) is 47.3 Å². The van der Waals surface area contributed by atoms with E-state index in [0.29, 0.717) is 36.9 Å². The Balaban J connectivity index is 1.44.